The molecule has 0 aromatic carbocycles. The summed E-state index contributed by atoms with van der Waals surface area (Å²) < 4.78 is 0. The van der Waals surface area contributed by atoms with Gasteiger partial charge in [-0.2, -0.15) is 0 Å². The Morgan fingerprint density at radius 2 is 1.74 bits per heavy atom. The van der Waals surface area contributed by atoms with Gasteiger partial charge in [0.15, 0.2) is 0 Å². The summed E-state index contributed by atoms with van der Waals surface area (Å²) in [6.45, 7) is 7.47. The number of hydrogen-bond acceptors (Lipinski definition) is 1. The molecule has 7 atom stereocenters. The molecule has 0 aromatic rings. The molecular formula is C22H36O. The first-order valence-electron chi connectivity index (χ1n) is 10.5. The monoisotopic (exact) mass is 316 g/mol. The van der Waals surface area contributed by atoms with Crippen LogP contribution in [-0.2, 0) is 4.79 Å². The van der Waals surface area contributed by atoms with Gasteiger partial charge in [0.2, 0.25) is 0 Å². The largest absolute Gasteiger partial charge is 0.299 e. The highest BCUT2D eigenvalue weighted by atomic mass is 16.1. The zero-order valence-electron chi connectivity index (χ0n) is 15.6. The van der Waals surface area contributed by atoms with Gasteiger partial charge in [0.05, 0.1) is 0 Å². The number of ketones is 1. The first kappa shape index (κ1) is 16.2. The first-order valence-corrected chi connectivity index (χ1v) is 10.5. The molecule has 1 nitrogen and oxygen atoms in total. The summed E-state index contributed by atoms with van der Waals surface area (Å²) in [6.07, 6.45) is 14.6. The van der Waals surface area contributed by atoms with Gasteiger partial charge < -0.3 is 0 Å². The van der Waals surface area contributed by atoms with Crippen LogP contribution in [0.25, 0.3) is 0 Å². The predicted octanol–water partition coefficient (Wildman–Crippen LogP) is 6.01. The van der Waals surface area contributed by atoms with Crippen molar-refractivity contribution in [3.8, 4) is 0 Å². The van der Waals surface area contributed by atoms with Crippen LogP contribution in [-0.4, -0.2) is 5.78 Å². The number of hydrogen-bond donors (Lipinski definition) is 0. The van der Waals surface area contributed by atoms with Crippen LogP contribution in [0.1, 0.15) is 91.4 Å². The fourth-order valence-electron chi connectivity index (χ4n) is 7.89. The van der Waals surface area contributed by atoms with Crippen LogP contribution in [0.5, 0.6) is 0 Å². The van der Waals surface area contributed by atoms with Gasteiger partial charge >= 0.3 is 0 Å². The minimum Gasteiger partial charge on any atom is -0.299 e. The third kappa shape index (κ3) is 2.20. The minimum atomic E-state index is 0.426. The Bertz CT molecular complexity index is 482. The van der Waals surface area contributed by atoms with Crippen molar-refractivity contribution in [2.45, 2.75) is 91.4 Å². The molecule has 0 N–H and O–H groups in total. The molecule has 0 spiro atoms. The number of fused-ring (bicyclic) bond motifs is 5. The second-order valence-corrected chi connectivity index (χ2v) is 9.97. The van der Waals surface area contributed by atoms with Gasteiger partial charge in [-0.05, 0) is 73.0 Å². The summed E-state index contributed by atoms with van der Waals surface area (Å²) in [4.78, 5) is 13.2. The maximum atomic E-state index is 13.2. The van der Waals surface area contributed by atoms with Crippen molar-refractivity contribution in [3.63, 3.8) is 0 Å². The van der Waals surface area contributed by atoms with E-state index in [1.807, 2.05) is 0 Å². The summed E-state index contributed by atoms with van der Waals surface area (Å²) in [7, 11) is 0. The number of rotatable bonds is 2. The van der Waals surface area contributed by atoms with E-state index in [1.54, 1.807) is 0 Å². The van der Waals surface area contributed by atoms with Gasteiger partial charge in [-0.3, -0.25) is 4.79 Å². The van der Waals surface area contributed by atoms with Crippen molar-refractivity contribution in [2.24, 2.45) is 40.4 Å². The Hall–Kier alpha value is -0.330. The highest BCUT2D eigenvalue weighted by molar-refractivity contribution is 5.83. The fraction of sp³-hybridized carbons (Fsp3) is 0.955. The Morgan fingerprint density at radius 3 is 2.52 bits per heavy atom. The summed E-state index contributed by atoms with van der Waals surface area (Å²) >= 11 is 0. The average Bonchev–Trinajstić information content (AvgIpc) is 2.85. The van der Waals surface area contributed by atoms with E-state index in [4.69, 9.17) is 0 Å². The van der Waals surface area contributed by atoms with Crippen molar-refractivity contribution >= 4 is 5.78 Å². The summed E-state index contributed by atoms with van der Waals surface area (Å²) in [5.74, 6) is 4.13. The number of carbonyl (C=O) groups excluding carboxylic acids is 1. The van der Waals surface area contributed by atoms with E-state index < -0.39 is 0 Å². The highest BCUT2D eigenvalue weighted by Crippen LogP contribution is 2.67. The summed E-state index contributed by atoms with van der Waals surface area (Å²) in [6, 6.07) is 0. The molecule has 0 aliphatic heterocycles. The highest BCUT2D eigenvalue weighted by Gasteiger charge is 2.61. The lowest BCUT2D eigenvalue weighted by Gasteiger charge is -2.59. The SMILES string of the molecule is CCCC1CCC2C3C(=O)CC4CCCC[C@]4(C)C3CC[C@]12C. The standard InChI is InChI=1S/C22H36O/c1-4-7-15-9-10-17-20-18(11-13-22(15,17)3)21(2)12-6-5-8-16(21)14-19(20)23/h15-18,20H,4-14H2,1-3H3/t15?,16?,17?,18?,20?,21-,22+/m0/s1. The lowest BCUT2D eigenvalue weighted by molar-refractivity contribution is -0.155. The zero-order valence-corrected chi connectivity index (χ0v) is 15.6. The summed E-state index contributed by atoms with van der Waals surface area (Å²) in [5.41, 5.74) is 0.964. The molecule has 4 rings (SSSR count). The maximum Gasteiger partial charge on any atom is 0.136 e. The van der Waals surface area contributed by atoms with Gasteiger partial charge in [0.1, 0.15) is 5.78 Å². The molecule has 0 aromatic heterocycles. The van der Waals surface area contributed by atoms with Crippen LogP contribution < -0.4 is 0 Å². The average molecular weight is 317 g/mol. The Balaban J connectivity index is 1.65. The minimum absolute atomic E-state index is 0.426. The van der Waals surface area contributed by atoms with E-state index in [-0.39, 0.29) is 0 Å². The van der Waals surface area contributed by atoms with Gasteiger partial charge in [0.25, 0.3) is 0 Å². The molecule has 23 heavy (non-hydrogen) atoms. The van der Waals surface area contributed by atoms with Crippen LogP contribution >= 0.6 is 0 Å². The summed E-state index contributed by atoms with van der Waals surface area (Å²) in [5, 5.41) is 0. The molecule has 0 amide bonds. The molecule has 130 valence electrons. The van der Waals surface area contributed by atoms with Gasteiger partial charge in [-0.15, -0.1) is 0 Å². The van der Waals surface area contributed by atoms with E-state index in [0.29, 0.717) is 40.3 Å². The molecule has 4 fully saturated rings. The molecule has 0 saturated heterocycles. The lowest BCUT2D eigenvalue weighted by atomic mass is 9.44. The van der Waals surface area contributed by atoms with Crippen molar-refractivity contribution in [1.82, 2.24) is 0 Å². The quantitative estimate of drug-likeness (QED) is 0.609. The fourth-order valence-corrected chi connectivity index (χ4v) is 7.89. The predicted molar refractivity (Wildman–Crippen MR) is 95.1 cm³/mol. The van der Waals surface area contributed by atoms with Crippen LogP contribution in [0, 0.1) is 40.4 Å². The molecule has 4 aliphatic carbocycles. The lowest BCUT2D eigenvalue weighted by Crippen LogP contribution is -2.56. The van der Waals surface area contributed by atoms with Crippen molar-refractivity contribution in [2.75, 3.05) is 0 Å². The van der Waals surface area contributed by atoms with Crippen molar-refractivity contribution < 1.29 is 4.79 Å². The molecule has 4 aliphatic rings. The normalized spacial score (nSPS) is 52.7. The molecule has 5 unspecified atom stereocenters. The molecular weight excluding hydrogens is 280 g/mol. The van der Waals surface area contributed by atoms with E-state index >= 15 is 0 Å². The number of carbonyl (C=O) groups is 1. The number of Topliss-reactive ketones (excluding diaryl/α,β-unsaturated/α-hetero) is 1. The molecule has 0 radical (unpaired) electrons. The third-order valence-corrected chi connectivity index (χ3v) is 9.22. The molecule has 0 bridgehead atoms. The van der Waals surface area contributed by atoms with E-state index in [9.17, 15) is 4.79 Å². The van der Waals surface area contributed by atoms with Crippen molar-refractivity contribution in [1.29, 1.82) is 0 Å². The topological polar surface area (TPSA) is 17.1 Å². The maximum absolute atomic E-state index is 13.2. The van der Waals surface area contributed by atoms with Gasteiger partial charge in [-0.1, -0.05) is 46.5 Å². The second-order valence-electron chi connectivity index (χ2n) is 9.97. The van der Waals surface area contributed by atoms with Crippen LogP contribution in [0.2, 0.25) is 0 Å². The van der Waals surface area contributed by atoms with Crippen LogP contribution in [0.15, 0.2) is 0 Å². The molecule has 4 saturated carbocycles. The van der Waals surface area contributed by atoms with Crippen LogP contribution in [0.4, 0.5) is 0 Å². The molecule has 0 heterocycles. The molecule has 1 heteroatoms. The zero-order chi connectivity index (χ0) is 16.2. The Morgan fingerprint density at radius 1 is 0.957 bits per heavy atom. The van der Waals surface area contributed by atoms with Crippen molar-refractivity contribution in [3.05, 3.63) is 0 Å². The van der Waals surface area contributed by atoms with E-state index in [0.717, 1.165) is 12.3 Å². The Kier molecular flexibility index (Phi) is 3.93. The smallest absolute Gasteiger partial charge is 0.136 e. The van der Waals surface area contributed by atoms with E-state index in [1.165, 1.54) is 64.2 Å². The first-order chi connectivity index (χ1) is 11.0. The Labute approximate surface area is 143 Å². The van der Waals surface area contributed by atoms with Gasteiger partial charge in [0, 0.05) is 12.3 Å². The second kappa shape index (κ2) is 5.60. The van der Waals surface area contributed by atoms with Crippen LogP contribution in [0.3, 0.4) is 0 Å². The third-order valence-electron chi connectivity index (χ3n) is 9.22. The van der Waals surface area contributed by atoms with E-state index in [2.05, 4.69) is 20.8 Å². The van der Waals surface area contributed by atoms with Gasteiger partial charge in [-0.25, -0.2) is 0 Å².